The van der Waals surface area contributed by atoms with Gasteiger partial charge in [-0.05, 0) is 25.0 Å². The molecular formula is C14H17ClN2OS. The van der Waals surface area contributed by atoms with Crippen LogP contribution in [0.2, 0.25) is 5.02 Å². The third-order valence-corrected chi connectivity index (χ3v) is 4.49. The van der Waals surface area contributed by atoms with Gasteiger partial charge >= 0.3 is 0 Å². The van der Waals surface area contributed by atoms with Gasteiger partial charge in [-0.1, -0.05) is 48.5 Å². The molecule has 0 aliphatic rings. The fraction of sp³-hybridized carbons (Fsp3) is 0.357. The van der Waals surface area contributed by atoms with Crippen LogP contribution in [0, 0.1) is 6.92 Å². The zero-order chi connectivity index (χ0) is 13.8. The second kappa shape index (κ2) is 6.46. The molecular weight excluding hydrogens is 280 g/mol. The smallest absolute Gasteiger partial charge is 0.256 e. The number of aromatic nitrogens is 1. The van der Waals surface area contributed by atoms with E-state index >= 15 is 0 Å². The van der Waals surface area contributed by atoms with Gasteiger partial charge in [-0.25, -0.2) is 4.98 Å². The van der Waals surface area contributed by atoms with E-state index in [1.54, 1.807) is 6.26 Å². The van der Waals surface area contributed by atoms with Crippen molar-refractivity contribution in [3.8, 4) is 0 Å². The van der Waals surface area contributed by atoms with Crippen LogP contribution in [0.25, 0.3) is 0 Å². The summed E-state index contributed by atoms with van der Waals surface area (Å²) >= 11 is 7.79. The van der Waals surface area contributed by atoms with Crippen molar-refractivity contribution in [2.45, 2.75) is 36.8 Å². The van der Waals surface area contributed by atoms with Crippen LogP contribution in [0.1, 0.15) is 29.9 Å². The van der Waals surface area contributed by atoms with Crippen LogP contribution >= 0.6 is 23.4 Å². The van der Waals surface area contributed by atoms with Gasteiger partial charge in [0, 0.05) is 11.1 Å². The molecule has 1 heterocycles. The Kier molecular flexibility index (Phi) is 4.91. The Balaban J connectivity index is 2.29. The molecule has 0 saturated carbocycles. The van der Waals surface area contributed by atoms with E-state index in [1.807, 2.05) is 31.2 Å². The van der Waals surface area contributed by atoms with E-state index in [0.29, 0.717) is 5.22 Å². The predicted octanol–water partition coefficient (Wildman–Crippen LogP) is 4.21. The van der Waals surface area contributed by atoms with E-state index in [2.05, 4.69) is 11.9 Å². The van der Waals surface area contributed by atoms with Crippen LogP contribution < -0.4 is 5.73 Å². The molecule has 19 heavy (non-hydrogen) atoms. The van der Waals surface area contributed by atoms with Gasteiger partial charge in [0.25, 0.3) is 5.22 Å². The first-order chi connectivity index (χ1) is 9.11. The second-order valence-electron chi connectivity index (χ2n) is 4.39. The molecule has 1 aromatic carbocycles. The lowest BCUT2D eigenvalue weighted by Gasteiger charge is -2.22. The summed E-state index contributed by atoms with van der Waals surface area (Å²) in [6.07, 6.45) is 2.51. The third kappa shape index (κ3) is 3.53. The Labute approximate surface area is 122 Å². The predicted molar refractivity (Wildman–Crippen MR) is 79.6 cm³/mol. The largest absolute Gasteiger partial charge is 0.440 e. The molecule has 2 unspecified atom stereocenters. The van der Waals surface area contributed by atoms with Gasteiger partial charge in [-0.2, -0.15) is 0 Å². The number of nitrogens with two attached hydrogens (primary N) is 1. The first-order valence-corrected chi connectivity index (χ1v) is 7.46. The minimum atomic E-state index is -0.00268. The molecule has 0 aliphatic heterocycles. The number of aryl methyl sites for hydroxylation is 1. The highest BCUT2D eigenvalue weighted by molar-refractivity contribution is 7.99. The number of hydrogen-bond donors (Lipinski definition) is 1. The number of benzene rings is 1. The first kappa shape index (κ1) is 14.4. The van der Waals surface area contributed by atoms with Gasteiger partial charge in [-0.3, -0.25) is 0 Å². The summed E-state index contributed by atoms with van der Waals surface area (Å²) in [6.45, 7) is 3.97. The Morgan fingerprint density at radius 2 is 2.16 bits per heavy atom. The van der Waals surface area contributed by atoms with E-state index in [0.717, 1.165) is 22.7 Å². The average molecular weight is 297 g/mol. The Morgan fingerprint density at radius 3 is 2.74 bits per heavy atom. The second-order valence-corrected chi connectivity index (χ2v) is 5.89. The van der Waals surface area contributed by atoms with Crippen LogP contribution in [0.3, 0.4) is 0 Å². The fourth-order valence-corrected chi connectivity index (χ4v) is 3.33. The number of halogens is 1. The number of hydrogen-bond acceptors (Lipinski definition) is 4. The van der Waals surface area contributed by atoms with Gasteiger partial charge < -0.3 is 10.2 Å². The molecule has 0 radical (unpaired) electrons. The molecule has 2 atom stereocenters. The lowest BCUT2D eigenvalue weighted by atomic mass is 10.0. The number of oxazole rings is 1. The SMILES string of the molecule is CCC(N)C(Sc1nc(C)co1)c1ccccc1Cl. The molecule has 5 heteroatoms. The maximum absolute atomic E-state index is 6.27. The van der Waals surface area contributed by atoms with Crippen LogP contribution in [-0.2, 0) is 0 Å². The topological polar surface area (TPSA) is 52.0 Å². The molecule has 2 rings (SSSR count). The molecule has 0 aliphatic carbocycles. The molecule has 0 spiro atoms. The maximum Gasteiger partial charge on any atom is 0.256 e. The van der Waals surface area contributed by atoms with Crippen molar-refractivity contribution in [3.63, 3.8) is 0 Å². The van der Waals surface area contributed by atoms with Gasteiger partial charge in [-0.15, -0.1) is 0 Å². The third-order valence-electron chi connectivity index (χ3n) is 2.90. The minimum Gasteiger partial charge on any atom is -0.440 e. The van der Waals surface area contributed by atoms with Gasteiger partial charge in [0.2, 0.25) is 0 Å². The highest BCUT2D eigenvalue weighted by Crippen LogP contribution is 2.40. The number of nitrogens with zero attached hydrogens (tertiary/aromatic N) is 1. The van der Waals surface area contributed by atoms with Crippen molar-refractivity contribution in [2.75, 3.05) is 0 Å². The van der Waals surface area contributed by atoms with Crippen LogP contribution in [0.15, 0.2) is 40.2 Å². The minimum absolute atomic E-state index is 0.00268. The molecule has 0 bridgehead atoms. The van der Waals surface area contributed by atoms with E-state index in [1.165, 1.54) is 11.8 Å². The van der Waals surface area contributed by atoms with Crippen molar-refractivity contribution in [3.05, 3.63) is 46.8 Å². The molecule has 2 aromatic rings. The van der Waals surface area contributed by atoms with E-state index in [-0.39, 0.29) is 11.3 Å². The van der Waals surface area contributed by atoms with E-state index < -0.39 is 0 Å². The Hall–Kier alpha value is -0.970. The highest BCUT2D eigenvalue weighted by Gasteiger charge is 2.24. The molecule has 2 N–H and O–H groups in total. The van der Waals surface area contributed by atoms with Crippen LogP contribution in [0.5, 0.6) is 0 Å². The summed E-state index contributed by atoms with van der Waals surface area (Å²) < 4.78 is 5.40. The molecule has 3 nitrogen and oxygen atoms in total. The first-order valence-electron chi connectivity index (χ1n) is 6.20. The van der Waals surface area contributed by atoms with Crippen molar-refractivity contribution in [1.82, 2.24) is 4.98 Å². The summed E-state index contributed by atoms with van der Waals surface area (Å²) in [4.78, 5) is 4.32. The normalized spacial score (nSPS) is 14.3. The Morgan fingerprint density at radius 1 is 1.42 bits per heavy atom. The zero-order valence-corrected chi connectivity index (χ0v) is 12.5. The van der Waals surface area contributed by atoms with Crippen molar-refractivity contribution < 1.29 is 4.42 Å². The fourth-order valence-electron chi connectivity index (χ4n) is 1.80. The molecule has 0 amide bonds. The number of thioether (sulfide) groups is 1. The zero-order valence-electron chi connectivity index (χ0n) is 11.0. The summed E-state index contributed by atoms with van der Waals surface area (Å²) in [6, 6.07) is 7.77. The van der Waals surface area contributed by atoms with Crippen molar-refractivity contribution in [2.24, 2.45) is 5.73 Å². The molecule has 0 fully saturated rings. The summed E-state index contributed by atoms with van der Waals surface area (Å²) in [5, 5.41) is 1.40. The monoisotopic (exact) mass is 296 g/mol. The van der Waals surface area contributed by atoms with Gasteiger partial charge in [0.05, 0.1) is 10.9 Å². The highest BCUT2D eigenvalue weighted by atomic mass is 35.5. The summed E-state index contributed by atoms with van der Waals surface area (Å²) in [7, 11) is 0. The summed E-state index contributed by atoms with van der Waals surface area (Å²) in [5.74, 6) is 0. The van der Waals surface area contributed by atoms with Crippen LogP contribution in [-0.4, -0.2) is 11.0 Å². The summed E-state index contributed by atoms with van der Waals surface area (Å²) in [5.41, 5.74) is 8.12. The van der Waals surface area contributed by atoms with Gasteiger partial charge in [0.15, 0.2) is 0 Å². The van der Waals surface area contributed by atoms with Crippen LogP contribution in [0.4, 0.5) is 0 Å². The molecule has 1 aromatic heterocycles. The van der Waals surface area contributed by atoms with Gasteiger partial charge in [0.1, 0.15) is 6.26 Å². The van der Waals surface area contributed by atoms with E-state index in [4.69, 9.17) is 21.8 Å². The quantitative estimate of drug-likeness (QED) is 0.840. The Bertz CT molecular complexity index is 544. The average Bonchev–Trinajstić information content (AvgIpc) is 2.82. The molecule has 102 valence electrons. The standard InChI is InChI=1S/C14H17ClN2OS/c1-3-12(16)13(10-6-4-5-7-11(10)15)19-14-17-9(2)8-18-14/h4-8,12-13H,3,16H2,1-2H3. The number of rotatable bonds is 5. The maximum atomic E-state index is 6.27. The molecule has 0 saturated heterocycles. The van der Waals surface area contributed by atoms with Crippen molar-refractivity contribution in [1.29, 1.82) is 0 Å². The van der Waals surface area contributed by atoms with E-state index in [9.17, 15) is 0 Å². The van der Waals surface area contributed by atoms with Crippen molar-refractivity contribution >= 4 is 23.4 Å². The lowest BCUT2D eigenvalue weighted by molar-refractivity contribution is 0.451. The lowest BCUT2D eigenvalue weighted by Crippen LogP contribution is -2.25.